The lowest BCUT2D eigenvalue weighted by Gasteiger charge is -2.20. The minimum absolute atomic E-state index is 0.0637. The fraction of sp³-hybridized carbons (Fsp3) is 0.250. The van der Waals surface area contributed by atoms with Crippen LogP contribution in [0.3, 0.4) is 0 Å². The van der Waals surface area contributed by atoms with Crippen LogP contribution in [0.2, 0.25) is 0 Å². The predicted molar refractivity (Wildman–Crippen MR) is 121 cm³/mol. The van der Waals surface area contributed by atoms with E-state index in [2.05, 4.69) is 11.7 Å². The molecule has 3 rings (SSSR count). The minimum atomic E-state index is -2.34. The van der Waals surface area contributed by atoms with E-state index in [4.69, 9.17) is 9.25 Å². The van der Waals surface area contributed by atoms with Crippen LogP contribution in [0.1, 0.15) is 44.4 Å². The molecule has 0 aliphatic rings. The van der Waals surface area contributed by atoms with Gasteiger partial charge in [0.05, 0.1) is 16.0 Å². The van der Waals surface area contributed by atoms with Crippen LogP contribution in [0.15, 0.2) is 49.8 Å². The fourth-order valence-corrected chi connectivity index (χ4v) is 3.71. The molecule has 1 heterocycles. The summed E-state index contributed by atoms with van der Waals surface area (Å²) >= 11 is 1.31. The third-order valence-corrected chi connectivity index (χ3v) is 5.62. The number of hydrogen-bond donors (Lipinski definition) is 0. The van der Waals surface area contributed by atoms with Gasteiger partial charge in [-0.3, -0.25) is 0 Å². The van der Waals surface area contributed by atoms with E-state index in [1.165, 1.54) is 24.8 Å². The summed E-state index contributed by atoms with van der Waals surface area (Å²) in [5.41, 5.74) is -3.28. The van der Waals surface area contributed by atoms with Crippen LogP contribution >= 0.6 is 11.8 Å². The molecule has 0 fully saturated rings. The van der Waals surface area contributed by atoms with Gasteiger partial charge in [-0.05, 0) is 42.4 Å². The zero-order chi connectivity index (χ0) is 25.5. The topological polar surface area (TPSA) is 51.8 Å². The van der Waals surface area contributed by atoms with Gasteiger partial charge < -0.3 is 9.25 Å². The van der Waals surface area contributed by atoms with Gasteiger partial charge >= 0.3 is 5.63 Å². The van der Waals surface area contributed by atoms with Crippen LogP contribution in [0.25, 0.3) is 11.0 Å². The lowest BCUT2D eigenvalue weighted by Crippen LogP contribution is -2.21. The Kier molecular flexibility index (Phi) is 6.93. The van der Waals surface area contributed by atoms with E-state index in [0.29, 0.717) is 10.3 Å². The molecule has 34 heavy (non-hydrogen) atoms. The minimum Gasteiger partial charge on any atom is -0.421 e. The second kappa shape index (κ2) is 9.25. The van der Waals surface area contributed by atoms with Crippen LogP contribution in [0.5, 0.6) is 0 Å². The van der Waals surface area contributed by atoms with E-state index in [0.717, 1.165) is 5.56 Å². The van der Waals surface area contributed by atoms with E-state index in [1.807, 2.05) is 26.8 Å². The molecule has 0 aliphatic carbocycles. The Labute approximate surface area is 196 Å². The van der Waals surface area contributed by atoms with Gasteiger partial charge in [0.15, 0.2) is 28.9 Å². The average Bonchev–Trinajstić information content (AvgIpc) is 2.76. The lowest BCUT2D eigenvalue weighted by molar-refractivity contribution is 0.231. The van der Waals surface area contributed by atoms with Crippen molar-refractivity contribution in [1.29, 1.82) is 0 Å². The average molecular weight is 497 g/mol. The molecule has 10 heteroatoms. The maximum absolute atomic E-state index is 14.6. The second-order valence-corrected chi connectivity index (χ2v) is 9.32. The summed E-state index contributed by atoms with van der Waals surface area (Å²) in [6.45, 7) is 10.6. The Hall–Kier alpha value is -3.14. The van der Waals surface area contributed by atoms with Crippen molar-refractivity contribution < 1.29 is 31.2 Å². The Morgan fingerprint density at radius 3 is 2.06 bits per heavy atom. The van der Waals surface area contributed by atoms with Crippen molar-refractivity contribution in [3.63, 3.8) is 0 Å². The highest BCUT2D eigenvalue weighted by Crippen LogP contribution is 2.34. The zero-order valence-corrected chi connectivity index (χ0v) is 19.7. The van der Waals surface area contributed by atoms with Crippen LogP contribution in [0, 0.1) is 29.1 Å². The third kappa shape index (κ3) is 4.59. The second-order valence-electron chi connectivity index (χ2n) is 8.47. The first-order valence-corrected chi connectivity index (χ1v) is 11.1. The molecule has 180 valence electrons. The molecule has 0 atom stereocenters. The Morgan fingerprint density at radius 2 is 1.56 bits per heavy atom. The maximum Gasteiger partial charge on any atom is 0.345 e. The molecule has 0 spiro atoms. The van der Waals surface area contributed by atoms with Crippen molar-refractivity contribution in [3.05, 3.63) is 86.7 Å². The summed E-state index contributed by atoms with van der Waals surface area (Å²) in [6, 6.07) is 4.77. The first-order valence-electron chi connectivity index (χ1n) is 9.87. The molecule has 0 N–H and O–H groups in total. The van der Waals surface area contributed by atoms with Gasteiger partial charge in [0.1, 0.15) is 11.5 Å². The molecule has 0 radical (unpaired) electrons. The van der Waals surface area contributed by atoms with E-state index in [9.17, 15) is 26.7 Å². The van der Waals surface area contributed by atoms with Gasteiger partial charge in [-0.2, -0.15) is 0 Å². The van der Waals surface area contributed by atoms with Gasteiger partial charge in [-0.1, -0.05) is 32.5 Å². The summed E-state index contributed by atoms with van der Waals surface area (Å²) in [6.07, 6.45) is 1.78. The number of rotatable bonds is 5. The number of hydrogen-bond acceptors (Lipinski definition) is 5. The number of halogens is 5. The largest absolute Gasteiger partial charge is 0.421 e. The van der Waals surface area contributed by atoms with E-state index in [-0.39, 0.29) is 16.8 Å². The first-order chi connectivity index (χ1) is 15.8. The van der Waals surface area contributed by atoms with Crippen LogP contribution in [0.4, 0.5) is 22.0 Å². The Balaban J connectivity index is 2.43. The van der Waals surface area contributed by atoms with Crippen molar-refractivity contribution >= 4 is 28.4 Å². The van der Waals surface area contributed by atoms with Gasteiger partial charge in [-0.15, -0.1) is 11.8 Å². The quantitative estimate of drug-likeness (QED) is 0.0568. The maximum atomic E-state index is 14.6. The van der Waals surface area contributed by atoms with Crippen molar-refractivity contribution in [2.24, 2.45) is 5.16 Å². The molecule has 3 aromatic rings. The number of benzene rings is 2. The van der Waals surface area contributed by atoms with Crippen molar-refractivity contribution in [3.8, 4) is 0 Å². The zero-order valence-electron chi connectivity index (χ0n) is 18.9. The number of allylic oxidation sites excluding steroid dienone is 1. The third-order valence-electron chi connectivity index (χ3n) is 4.88. The van der Waals surface area contributed by atoms with E-state index >= 15 is 0 Å². The molecule has 0 saturated carbocycles. The monoisotopic (exact) mass is 497 g/mol. The van der Waals surface area contributed by atoms with Gasteiger partial charge in [0.2, 0.25) is 5.82 Å². The van der Waals surface area contributed by atoms with Gasteiger partial charge in [0, 0.05) is 5.39 Å². The van der Waals surface area contributed by atoms with Crippen LogP contribution < -0.4 is 5.63 Å². The predicted octanol–water partition coefficient (Wildman–Crippen LogP) is 6.81. The summed E-state index contributed by atoms with van der Waals surface area (Å²) in [4.78, 5) is 18.3. The highest BCUT2D eigenvalue weighted by Gasteiger charge is 2.31. The van der Waals surface area contributed by atoms with Crippen molar-refractivity contribution in [2.45, 2.75) is 38.0 Å². The van der Waals surface area contributed by atoms with E-state index < -0.39 is 51.6 Å². The van der Waals surface area contributed by atoms with Crippen molar-refractivity contribution in [2.75, 3.05) is 6.26 Å². The SMILES string of the molecule is C=C(C)O/N=C(\c1c(F)c(F)c(F)c(F)c1F)c1cc2cc(C(C)(C)C)cc(SC)c2oc1=O. The van der Waals surface area contributed by atoms with Crippen molar-refractivity contribution in [1.82, 2.24) is 0 Å². The Bertz CT molecular complexity index is 1380. The summed E-state index contributed by atoms with van der Waals surface area (Å²) in [5, 5.41) is 3.85. The molecular weight excluding hydrogens is 477 g/mol. The molecule has 4 nitrogen and oxygen atoms in total. The molecule has 0 amide bonds. The first kappa shape index (κ1) is 25.5. The molecule has 1 aromatic heterocycles. The molecule has 0 aliphatic heterocycles. The highest BCUT2D eigenvalue weighted by atomic mass is 32.2. The fourth-order valence-electron chi connectivity index (χ4n) is 3.12. The normalized spacial score (nSPS) is 12.4. The summed E-state index contributed by atoms with van der Waals surface area (Å²) in [7, 11) is 0. The summed E-state index contributed by atoms with van der Waals surface area (Å²) < 4.78 is 76.2. The van der Waals surface area contributed by atoms with E-state index in [1.54, 1.807) is 12.3 Å². The van der Waals surface area contributed by atoms with Crippen LogP contribution in [-0.2, 0) is 10.3 Å². The van der Waals surface area contributed by atoms with Gasteiger partial charge in [-0.25, -0.2) is 26.7 Å². The van der Waals surface area contributed by atoms with Crippen LogP contribution in [-0.4, -0.2) is 12.0 Å². The molecular formula is C24H20F5NO3S. The standard InChI is InChI=1S/C24H20F5NO3S/c1-10(2)33-30-21(15-16(25)18(27)20(29)19(28)17(15)26)13-8-11-7-12(24(3,4)5)9-14(34-6)22(11)32-23(13)31/h7-9H,1H2,2-6H3/b30-21-. The molecule has 0 bridgehead atoms. The summed E-state index contributed by atoms with van der Waals surface area (Å²) in [5.74, 6) is -11.1. The molecule has 0 saturated heterocycles. The smallest absolute Gasteiger partial charge is 0.345 e. The number of oxime groups is 1. The van der Waals surface area contributed by atoms with Gasteiger partial charge in [0.25, 0.3) is 0 Å². The lowest BCUT2D eigenvalue weighted by atomic mass is 9.86. The number of fused-ring (bicyclic) bond motifs is 1. The number of nitrogens with zero attached hydrogens (tertiary/aromatic N) is 1. The highest BCUT2D eigenvalue weighted by molar-refractivity contribution is 7.98. The number of thioether (sulfide) groups is 1. The molecule has 0 unspecified atom stereocenters. The molecule has 2 aromatic carbocycles. The Morgan fingerprint density at radius 1 is 1.00 bits per heavy atom.